The Morgan fingerprint density at radius 2 is 2.06 bits per heavy atom. The van der Waals surface area contributed by atoms with E-state index in [-0.39, 0.29) is 5.54 Å². The molecule has 0 amide bonds. The van der Waals surface area contributed by atoms with Gasteiger partial charge in [-0.1, -0.05) is 6.92 Å². The van der Waals surface area contributed by atoms with E-state index >= 15 is 0 Å². The molecule has 1 rings (SSSR count). The number of aromatic carboxylic acids is 1. The molecular weight excluding hydrogens is 282 g/mol. The number of hydrogen-bond donors (Lipinski definition) is 1. The second-order valence-corrected chi connectivity index (χ2v) is 5.55. The van der Waals surface area contributed by atoms with Crippen LogP contribution in [0.2, 0.25) is 0 Å². The van der Waals surface area contributed by atoms with Crippen LogP contribution in [0.3, 0.4) is 0 Å². The molecule has 1 N–H and O–H groups in total. The van der Waals surface area contributed by atoms with Crippen LogP contribution in [0.4, 0.5) is 5.69 Å². The molecule has 0 heterocycles. The predicted octanol–water partition coefficient (Wildman–Crippen LogP) is 3.77. The predicted molar refractivity (Wildman–Crippen MR) is 73.9 cm³/mol. The normalized spacial score (nSPS) is 11.4. The first-order valence-corrected chi connectivity index (χ1v) is 6.35. The van der Waals surface area contributed by atoms with Gasteiger partial charge in [-0.2, -0.15) is 0 Å². The molecule has 0 fully saturated rings. The fourth-order valence-electron chi connectivity index (χ4n) is 1.48. The summed E-state index contributed by atoms with van der Waals surface area (Å²) in [4.78, 5) is 13.0. The number of benzene rings is 1. The third-order valence-electron chi connectivity index (χ3n) is 3.33. The zero-order valence-electron chi connectivity index (χ0n) is 10.6. The van der Waals surface area contributed by atoms with Crippen LogP contribution in [0, 0.1) is 0 Å². The number of anilines is 1. The molecule has 0 bridgehead atoms. The van der Waals surface area contributed by atoms with Gasteiger partial charge in [0.1, 0.15) is 0 Å². The summed E-state index contributed by atoms with van der Waals surface area (Å²) >= 11 is 3.43. The van der Waals surface area contributed by atoms with Crippen LogP contribution in [0.15, 0.2) is 22.7 Å². The monoisotopic (exact) mass is 299 g/mol. The first-order chi connectivity index (χ1) is 7.79. The number of hydrogen-bond acceptors (Lipinski definition) is 2. The van der Waals surface area contributed by atoms with Gasteiger partial charge in [-0.3, -0.25) is 0 Å². The van der Waals surface area contributed by atoms with Crippen LogP contribution in [0.25, 0.3) is 0 Å². The molecule has 0 aromatic heterocycles. The standard InChI is InChI=1S/C13H18BrNO2/c1-5-13(2,3)15(4)11-7-6-9(12(16)17)8-10(11)14/h6-8H,5H2,1-4H3,(H,16,17). The first kappa shape index (κ1) is 14.0. The molecule has 0 saturated carbocycles. The Morgan fingerprint density at radius 3 is 2.47 bits per heavy atom. The molecule has 1 aromatic carbocycles. The summed E-state index contributed by atoms with van der Waals surface area (Å²) in [6.07, 6.45) is 1.01. The lowest BCUT2D eigenvalue weighted by Crippen LogP contribution is -2.40. The van der Waals surface area contributed by atoms with Crippen LogP contribution >= 0.6 is 15.9 Å². The van der Waals surface area contributed by atoms with Gasteiger partial charge >= 0.3 is 5.97 Å². The minimum absolute atomic E-state index is 0.0350. The SMILES string of the molecule is CCC(C)(C)N(C)c1ccc(C(=O)O)cc1Br. The summed E-state index contributed by atoms with van der Waals surface area (Å²) in [5.41, 5.74) is 1.33. The highest BCUT2D eigenvalue weighted by molar-refractivity contribution is 9.10. The minimum Gasteiger partial charge on any atom is -0.478 e. The van der Waals surface area contributed by atoms with Crippen LogP contribution in [0.1, 0.15) is 37.6 Å². The molecule has 0 aliphatic carbocycles. The van der Waals surface area contributed by atoms with E-state index in [4.69, 9.17) is 5.11 Å². The van der Waals surface area contributed by atoms with Crippen molar-refractivity contribution in [2.24, 2.45) is 0 Å². The van der Waals surface area contributed by atoms with E-state index in [1.54, 1.807) is 12.1 Å². The molecule has 0 aliphatic heterocycles. The van der Waals surface area contributed by atoms with Crippen molar-refractivity contribution in [2.45, 2.75) is 32.7 Å². The lowest BCUT2D eigenvalue weighted by molar-refractivity contribution is 0.0697. The van der Waals surface area contributed by atoms with E-state index in [0.717, 1.165) is 16.6 Å². The Hall–Kier alpha value is -1.03. The summed E-state index contributed by atoms with van der Waals surface area (Å²) in [6.45, 7) is 6.45. The maximum atomic E-state index is 10.9. The number of nitrogens with zero attached hydrogens (tertiary/aromatic N) is 1. The molecule has 1 aromatic rings. The summed E-state index contributed by atoms with van der Waals surface area (Å²) in [5.74, 6) is -0.908. The van der Waals surface area contributed by atoms with Gasteiger partial charge < -0.3 is 10.0 Å². The van der Waals surface area contributed by atoms with Crippen LogP contribution in [-0.4, -0.2) is 23.7 Å². The fraction of sp³-hybridized carbons (Fsp3) is 0.462. The van der Waals surface area contributed by atoms with E-state index in [9.17, 15) is 4.79 Å². The van der Waals surface area contributed by atoms with Gasteiger partial charge in [0, 0.05) is 17.1 Å². The molecule has 0 unspecified atom stereocenters. The maximum absolute atomic E-state index is 10.9. The van der Waals surface area contributed by atoms with Gasteiger partial charge in [-0.15, -0.1) is 0 Å². The molecule has 0 aliphatic rings. The smallest absolute Gasteiger partial charge is 0.335 e. The highest BCUT2D eigenvalue weighted by Crippen LogP contribution is 2.32. The minimum atomic E-state index is -0.908. The fourth-order valence-corrected chi connectivity index (χ4v) is 2.12. The largest absolute Gasteiger partial charge is 0.478 e. The van der Waals surface area contributed by atoms with E-state index < -0.39 is 5.97 Å². The Kier molecular flexibility index (Phi) is 4.20. The van der Waals surface area contributed by atoms with Crippen molar-refractivity contribution < 1.29 is 9.90 Å². The van der Waals surface area contributed by atoms with Gasteiger partial charge in [0.05, 0.1) is 11.3 Å². The van der Waals surface area contributed by atoms with E-state index in [0.29, 0.717) is 5.56 Å². The second kappa shape index (κ2) is 5.08. The molecule has 0 spiro atoms. The highest BCUT2D eigenvalue weighted by atomic mass is 79.9. The molecule has 94 valence electrons. The van der Waals surface area contributed by atoms with Crippen LogP contribution in [-0.2, 0) is 0 Å². The summed E-state index contributed by atoms with van der Waals surface area (Å²) in [5, 5.41) is 8.91. The van der Waals surface area contributed by atoms with Crippen molar-refractivity contribution >= 4 is 27.6 Å². The van der Waals surface area contributed by atoms with E-state index in [1.807, 2.05) is 13.1 Å². The van der Waals surface area contributed by atoms with Crippen LogP contribution < -0.4 is 4.90 Å². The third-order valence-corrected chi connectivity index (χ3v) is 3.96. The molecule has 0 saturated heterocycles. The van der Waals surface area contributed by atoms with Gasteiger partial charge in [0.15, 0.2) is 0 Å². The van der Waals surface area contributed by atoms with Gasteiger partial charge in [-0.05, 0) is 54.4 Å². The second-order valence-electron chi connectivity index (χ2n) is 4.70. The summed E-state index contributed by atoms with van der Waals surface area (Å²) in [6, 6.07) is 5.11. The molecule has 0 atom stereocenters. The molecule has 4 heteroatoms. The highest BCUT2D eigenvalue weighted by Gasteiger charge is 2.23. The lowest BCUT2D eigenvalue weighted by atomic mass is 9.99. The van der Waals surface area contributed by atoms with Gasteiger partial charge in [0.25, 0.3) is 0 Å². The molecular formula is C13H18BrNO2. The average molecular weight is 300 g/mol. The Labute approximate surface area is 111 Å². The van der Waals surface area contributed by atoms with Crippen molar-refractivity contribution in [3.05, 3.63) is 28.2 Å². The van der Waals surface area contributed by atoms with E-state index in [2.05, 4.69) is 41.6 Å². The molecule has 3 nitrogen and oxygen atoms in total. The molecule has 0 radical (unpaired) electrons. The quantitative estimate of drug-likeness (QED) is 0.920. The third kappa shape index (κ3) is 3.00. The molecule has 17 heavy (non-hydrogen) atoms. The lowest BCUT2D eigenvalue weighted by Gasteiger charge is -2.37. The topological polar surface area (TPSA) is 40.5 Å². The maximum Gasteiger partial charge on any atom is 0.335 e. The Morgan fingerprint density at radius 1 is 1.47 bits per heavy atom. The Bertz CT molecular complexity index is 429. The zero-order chi connectivity index (χ0) is 13.2. The van der Waals surface area contributed by atoms with Crippen molar-refractivity contribution in [1.82, 2.24) is 0 Å². The first-order valence-electron chi connectivity index (χ1n) is 5.56. The van der Waals surface area contributed by atoms with E-state index in [1.165, 1.54) is 0 Å². The van der Waals surface area contributed by atoms with Crippen molar-refractivity contribution in [3.63, 3.8) is 0 Å². The average Bonchev–Trinajstić information content (AvgIpc) is 2.27. The van der Waals surface area contributed by atoms with Gasteiger partial charge in [0.2, 0.25) is 0 Å². The van der Waals surface area contributed by atoms with Crippen molar-refractivity contribution in [3.8, 4) is 0 Å². The number of carboxylic acids is 1. The van der Waals surface area contributed by atoms with Crippen LogP contribution in [0.5, 0.6) is 0 Å². The summed E-state index contributed by atoms with van der Waals surface area (Å²) < 4.78 is 0.807. The number of rotatable bonds is 4. The zero-order valence-corrected chi connectivity index (χ0v) is 12.2. The van der Waals surface area contributed by atoms with Gasteiger partial charge in [-0.25, -0.2) is 4.79 Å². The Balaban J connectivity index is 3.12. The summed E-state index contributed by atoms with van der Waals surface area (Å²) in [7, 11) is 2.02. The number of carboxylic acid groups (broad SMARTS) is 1. The number of halogens is 1. The number of carbonyl (C=O) groups is 1. The van der Waals surface area contributed by atoms with Crippen molar-refractivity contribution in [1.29, 1.82) is 0 Å². The van der Waals surface area contributed by atoms with Crippen molar-refractivity contribution in [2.75, 3.05) is 11.9 Å².